The van der Waals surface area contributed by atoms with Crippen molar-refractivity contribution < 1.29 is 26.7 Å². The lowest BCUT2D eigenvalue weighted by Gasteiger charge is -2.37. The number of aromatic nitrogens is 1. The average molecular weight is 377 g/mol. The Morgan fingerprint density at radius 1 is 1.12 bits per heavy atom. The second kappa shape index (κ2) is 7.00. The molecule has 0 N–H and O–H groups in total. The van der Waals surface area contributed by atoms with Gasteiger partial charge < -0.3 is 9.80 Å². The molecule has 2 aliphatic rings. The van der Waals surface area contributed by atoms with E-state index in [9.17, 15) is 26.7 Å². The van der Waals surface area contributed by atoms with E-state index in [1.165, 1.54) is 4.90 Å². The van der Waals surface area contributed by atoms with Crippen LogP contribution < -0.4 is 4.90 Å². The van der Waals surface area contributed by atoms with Crippen LogP contribution in [0.1, 0.15) is 31.2 Å². The Hall–Kier alpha value is -1.93. The number of rotatable bonds is 2. The van der Waals surface area contributed by atoms with Crippen LogP contribution in [-0.2, 0) is 11.0 Å². The van der Waals surface area contributed by atoms with Crippen LogP contribution in [0.5, 0.6) is 0 Å². The molecule has 4 nitrogen and oxygen atoms in total. The molecule has 1 aromatic rings. The maximum absolute atomic E-state index is 13.2. The van der Waals surface area contributed by atoms with E-state index in [0.29, 0.717) is 25.9 Å². The quantitative estimate of drug-likeness (QED) is 0.740. The smallest absolute Gasteiger partial charge is 0.357 e. The second-order valence-electron chi connectivity index (χ2n) is 6.84. The van der Waals surface area contributed by atoms with Crippen LogP contribution in [0.15, 0.2) is 18.3 Å². The van der Waals surface area contributed by atoms with Gasteiger partial charge in [0.05, 0.1) is 5.56 Å². The number of alkyl halides is 5. The third kappa shape index (κ3) is 4.24. The van der Waals surface area contributed by atoms with Gasteiger partial charge in [0.15, 0.2) is 0 Å². The van der Waals surface area contributed by atoms with Gasteiger partial charge in [0.25, 0.3) is 5.92 Å². The zero-order valence-corrected chi connectivity index (χ0v) is 14.1. The van der Waals surface area contributed by atoms with Crippen LogP contribution in [0.25, 0.3) is 0 Å². The molecule has 2 fully saturated rings. The van der Waals surface area contributed by atoms with Gasteiger partial charge in [-0.2, -0.15) is 13.2 Å². The lowest BCUT2D eigenvalue weighted by molar-refractivity contribution is -0.142. The molecule has 0 bridgehead atoms. The van der Waals surface area contributed by atoms with E-state index in [1.807, 2.05) is 0 Å². The highest BCUT2D eigenvalue weighted by molar-refractivity contribution is 5.79. The van der Waals surface area contributed by atoms with Gasteiger partial charge in [-0.05, 0) is 25.0 Å². The fraction of sp³-hybridized carbons (Fsp3) is 0.647. The molecule has 3 heterocycles. The van der Waals surface area contributed by atoms with Crippen molar-refractivity contribution in [2.24, 2.45) is 5.92 Å². The summed E-state index contributed by atoms with van der Waals surface area (Å²) in [7, 11) is 0. The predicted molar refractivity (Wildman–Crippen MR) is 84.9 cm³/mol. The minimum absolute atomic E-state index is 0.0568. The highest BCUT2D eigenvalue weighted by Gasteiger charge is 2.38. The summed E-state index contributed by atoms with van der Waals surface area (Å²) in [5, 5.41) is 0. The van der Waals surface area contributed by atoms with Crippen molar-refractivity contribution in [3.05, 3.63) is 23.9 Å². The van der Waals surface area contributed by atoms with Crippen LogP contribution in [0.2, 0.25) is 0 Å². The van der Waals surface area contributed by atoms with Crippen molar-refractivity contribution >= 4 is 11.7 Å². The van der Waals surface area contributed by atoms with E-state index in [2.05, 4.69) is 4.98 Å². The summed E-state index contributed by atoms with van der Waals surface area (Å²) in [5.41, 5.74) is -0.755. The normalized spacial score (nSPS) is 21.7. The number of halogens is 5. The van der Waals surface area contributed by atoms with Gasteiger partial charge in [0.1, 0.15) is 5.82 Å². The van der Waals surface area contributed by atoms with Crippen molar-refractivity contribution in [3.63, 3.8) is 0 Å². The number of nitrogens with zero attached hydrogens (tertiary/aromatic N) is 3. The number of hydrogen-bond acceptors (Lipinski definition) is 3. The van der Waals surface area contributed by atoms with Crippen molar-refractivity contribution in [3.8, 4) is 0 Å². The lowest BCUT2D eigenvalue weighted by atomic mass is 9.94. The molecule has 0 unspecified atom stereocenters. The van der Waals surface area contributed by atoms with Crippen molar-refractivity contribution in [1.82, 2.24) is 9.88 Å². The summed E-state index contributed by atoms with van der Waals surface area (Å²) in [4.78, 5) is 19.7. The molecule has 0 atom stereocenters. The highest BCUT2D eigenvalue weighted by Crippen LogP contribution is 2.33. The fourth-order valence-corrected chi connectivity index (χ4v) is 3.44. The van der Waals surface area contributed by atoms with Gasteiger partial charge in [0.2, 0.25) is 5.91 Å². The Bertz CT molecular complexity index is 646. The van der Waals surface area contributed by atoms with Crippen LogP contribution in [0.4, 0.5) is 27.8 Å². The van der Waals surface area contributed by atoms with E-state index in [0.717, 1.165) is 18.3 Å². The van der Waals surface area contributed by atoms with Crippen LogP contribution in [0, 0.1) is 5.92 Å². The van der Waals surface area contributed by atoms with E-state index >= 15 is 0 Å². The minimum Gasteiger partial charge on any atom is -0.357 e. The number of amides is 1. The number of piperidine rings is 2. The molecular formula is C17H20F5N3O. The Kier molecular flexibility index (Phi) is 5.07. The monoisotopic (exact) mass is 377 g/mol. The molecule has 144 valence electrons. The SMILES string of the molecule is O=C(C1CCN(c2cc(C(F)(F)F)ccn2)CC1)N1CCC(F)(F)CC1. The molecule has 26 heavy (non-hydrogen) atoms. The Morgan fingerprint density at radius 3 is 2.31 bits per heavy atom. The van der Waals surface area contributed by atoms with Crippen LogP contribution in [-0.4, -0.2) is 47.9 Å². The number of carbonyl (C=O) groups excluding carboxylic acids is 1. The Morgan fingerprint density at radius 2 is 1.73 bits per heavy atom. The maximum Gasteiger partial charge on any atom is 0.416 e. The van der Waals surface area contributed by atoms with Crippen LogP contribution in [0.3, 0.4) is 0 Å². The number of hydrogen-bond donors (Lipinski definition) is 0. The summed E-state index contributed by atoms with van der Waals surface area (Å²) in [6.07, 6.45) is -2.98. The van der Waals surface area contributed by atoms with Gasteiger partial charge in [-0.3, -0.25) is 4.79 Å². The maximum atomic E-state index is 13.2. The topological polar surface area (TPSA) is 36.4 Å². The zero-order chi connectivity index (χ0) is 18.9. The summed E-state index contributed by atoms with van der Waals surface area (Å²) >= 11 is 0. The molecule has 2 aliphatic heterocycles. The molecule has 0 aromatic carbocycles. The molecule has 0 aliphatic carbocycles. The van der Waals surface area contributed by atoms with Crippen LogP contribution >= 0.6 is 0 Å². The molecule has 1 aromatic heterocycles. The first-order chi connectivity index (χ1) is 12.2. The van der Waals surface area contributed by atoms with E-state index in [4.69, 9.17) is 0 Å². The summed E-state index contributed by atoms with van der Waals surface area (Å²) in [6.45, 7) is 0.936. The van der Waals surface area contributed by atoms with Crippen molar-refractivity contribution in [1.29, 1.82) is 0 Å². The van der Waals surface area contributed by atoms with Gasteiger partial charge in [-0.15, -0.1) is 0 Å². The summed E-state index contributed by atoms with van der Waals surface area (Å²) in [5.74, 6) is -2.86. The summed E-state index contributed by atoms with van der Waals surface area (Å²) in [6, 6.07) is 1.93. The first-order valence-corrected chi connectivity index (χ1v) is 8.60. The molecule has 0 saturated carbocycles. The second-order valence-corrected chi connectivity index (χ2v) is 6.84. The molecule has 3 rings (SSSR count). The van der Waals surface area contributed by atoms with E-state index in [-0.39, 0.29) is 43.6 Å². The zero-order valence-electron chi connectivity index (χ0n) is 14.1. The number of pyridine rings is 1. The van der Waals surface area contributed by atoms with Gasteiger partial charge in [0, 0.05) is 51.1 Å². The first-order valence-electron chi connectivity index (χ1n) is 8.60. The molecule has 1 amide bonds. The van der Waals surface area contributed by atoms with E-state index < -0.39 is 17.7 Å². The van der Waals surface area contributed by atoms with Gasteiger partial charge in [-0.1, -0.05) is 0 Å². The Labute approximate surface area is 148 Å². The number of carbonyl (C=O) groups is 1. The third-order valence-corrected chi connectivity index (χ3v) is 5.05. The predicted octanol–water partition coefficient (Wildman–Crippen LogP) is 3.57. The average Bonchev–Trinajstić information content (AvgIpc) is 2.61. The molecule has 0 radical (unpaired) electrons. The first kappa shape index (κ1) is 18.8. The van der Waals surface area contributed by atoms with E-state index in [1.54, 1.807) is 4.90 Å². The minimum atomic E-state index is -4.43. The molecule has 0 spiro atoms. The largest absolute Gasteiger partial charge is 0.416 e. The van der Waals surface area contributed by atoms with Crippen molar-refractivity contribution in [2.75, 3.05) is 31.1 Å². The molecular weight excluding hydrogens is 357 g/mol. The highest BCUT2D eigenvalue weighted by atomic mass is 19.4. The fourth-order valence-electron chi connectivity index (χ4n) is 3.44. The van der Waals surface area contributed by atoms with Crippen molar-refractivity contribution in [2.45, 2.75) is 37.8 Å². The molecule has 2 saturated heterocycles. The van der Waals surface area contributed by atoms with Gasteiger partial charge in [-0.25, -0.2) is 13.8 Å². The standard InChI is InChI=1S/C17H20F5N3O/c18-16(19)4-9-25(10-5-16)15(26)12-2-7-24(8-3-12)14-11-13(1-6-23-14)17(20,21)22/h1,6,11-12H,2-5,7-10H2. The van der Waals surface area contributed by atoms with Gasteiger partial charge >= 0.3 is 6.18 Å². The number of anilines is 1. The third-order valence-electron chi connectivity index (χ3n) is 5.05. The Balaban J connectivity index is 1.57. The lowest BCUT2D eigenvalue weighted by Crippen LogP contribution is -2.47. The molecule has 9 heteroatoms. The number of likely N-dealkylation sites (tertiary alicyclic amines) is 1. The summed E-state index contributed by atoms with van der Waals surface area (Å²) < 4.78 is 64.9.